The van der Waals surface area contributed by atoms with E-state index >= 15 is 0 Å². The molecule has 0 bridgehead atoms. The van der Waals surface area contributed by atoms with Gasteiger partial charge in [-0.3, -0.25) is 4.79 Å². The van der Waals surface area contributed by atoms with Crippen LogP contribution in [0.1, 0.15) is 23.4 Å². The molecule has 3 rings (SSSR count). The van der Waals surface area contributed by atoms with E-state index in [1.54, 1.807) is 37.5 Å². The number of nitrogens with one attached hydrogen (secondary N) is 2. The van der Waals surface area contributed by atoms with Crippen LogP contribution in [0.25, 0.3) is 22.7 Å². The third-order valence-corrected chi connectivity index (χ3v) is 4.05. The highest BCUT2D eigenvalue weighted by atomic mass is 16.5. The van der Waals surface area contributed by atoms with E-state index in [0.717, 1.165) is 23.0 Å². The van der Waals surface area contributed by atoms with Crippen molar-refractivity contribution in [2.24, 2.45) is 0 Å². The lowest BCUT2D eigenvalue weighted by molar-refractivity contribution is -0.115. The van der Waals surface area contributed by atoms with Crippen molar-refractivity contribution in [2.75, 3.05) is 20.3 Å². The van der Waals surface area contributed by atoms with E-state index in [2.05, 4.69) is 21.4 Å². The van der Waals surface area contributed by atoms with Gasteiger partial charge in [-0.15, -0.1) is 0 Å². The van der Waals surface area contributed by atoms with E-state index < -0.39 is 0 Å². The van der Waals surface area contributed by atoms with E-state index in [-0.39, 0.29) is 5.91 Å². The number of para-hydroxylation sites is 2. The molecule has 0 saturated heterocycles. The number of aromatic nitrogens is 2. The summed E-state index contributed by atoms with van der Waals surface area (Å²) >= 11 is 0. The zero-order valence-electron chi connectivity index (χ0n) is 15.0. The van der Waals surface area contributed by atoms with Gasteiger partial charge in [0.2, 0.25) is 0 Å². The molecule has 136 valence electrons. The number of carbonyl (C=O) groups excluding carboxylic acids is 1. The normalized spacial score (nSPS) is 11.3. The monoisotopic (exact) mass is 360 g/mol. The van der Waals surface area contributed by atoms with Crippen molar-refractivity contribution in [1.82, 2.24) is 15.3 Å². The minimum Gasteiger partial charge on any atom is -0.385 e. The van der Waals surface area contributed by atoms with Crippen LogP contribution in [0.3, 0.4) is 0 Å². The lowest BCUT2D eigenvalue weighted by atomic mass is 10.1. The number of aromatic amines is 1. The molecule has 2 N–H and O–H groups in total. The summed E-state index contributed by atoms with van der Waals surface area (Å²) in [7, 11) is 1.63. The van der Waals surface area contributed by atoms with E-state index in [4.69, 9.17) is 10.00 Å². The number of amides is 1. The Bertz CT molecular complexity index is 964. The maximum Gasteiger partial charge on any atom is 0.255 e. The van der Waals surface area contributed by atoms with Gasteiger partial charge in [0.1, 0.15) is 5.82 Å². The first kappa shape index (κ1) is 18.4. The summed E-state index contributed by atoms with van der Waals surface area (Å²) in [5.41, 5.74) is 3.49. The molecule has 0 aliphatic rings. The van der Waals surface area contributed by atoms with Crippen LogP contribution in [-0.4, -0.2) is 36.1 Å². The second-order valence-corrected chi connectivity index (χ2v) is 6.00. The fourth-order valence-corrected chi connectivity index (χ4v) is 2.66. The number of carbonyl (C=O) groups is 1. The maximum atomic E-state index is 12.8. The van der Waals surface area contributed by atoms with Crippen LogP contribution in [0, 0.1) is 11.3 Å². The fourth-order valence-electron chi connectivity index (χ4n) is 2.66. The maximum absolute atomic E-state index is 12.8. The van der Waals surface area contributed by atoms with Crippen LogP contribution in [0.4, 0.5) is 0 Å². The van der Waals surface area contributed by atoms with Gasteiger partial charge in [-0.2, -0.15) is 5.26 Å². The molecule has 0 fully saturated rings. The smallest absolute Gasteiger partial charge is 0.255 e. The predicted molar refractivity (Wildman–Crippen MR) is 105 cm³/mol. The number of rotatable bonds is 7. The molecule has 27 heavy (non-hydrogen) atoms. The molecule has 6 nitrogen and oxygen atoms in total. The summed E-state index contributed by atoms with van der Waals surface area (Å²) in [6.07, 6.45) is 2.50. The number of imidazole rings is 1. The Hall–Kier alpha value is -3.43. The zero-order chi connectivity index (χ0) is 19.1. The molecule has 0 unspecified atom stereocenters. The molecule has 0 aliphatic carbocycles. The van der Waals surface area contributed by atoms with E-state index in [1.165, 1.54) is 0 Å². The van der Waals surface area contributed by atoms with Gasteiger partial charge in [-0.1, -0.05) is 24.3 Å². The number of ether oxygens (including phenoxy) is 1. The van der Waals surface area contributed by atoms with Crippen LogP contribution in [0.2, 0.25) is 0 Å². The quantitative estimate of drug-likeness (QED) is 0.500. The van der Waals surface area contributed by atoms with E-state index in [1.807, 2.05) is 24.3 Å². The minimum atomic E-state index is -0.213. The number of hydrogen-bond donors (Lipinski definition) is 2. The second-order valence-electron chi connectivity index (χ2n) is 6.00. The average Bonchev–Trinajstić information content (AvgIpc) is 3.13. The summed E-state index contributed by atoms with van der Waals surface area (Å²) in [5.74, 6) is 0.291. The number of nitriles is 1. The Morgan fingerprint density at radius 1 is 1.26 bits per heavy atom. The Morgan fingerprint density at radius 2 is 2.04 bits per heavy atom. The molecule has 0 atom stereocenters. The third-order valence-electron chi connectivity index (χ3n) is 4.05. The molecule has 2 aromatic carbocycles. The molecule has 6 heteroatoms. The van der Waals surface area contributed by atoms with Gasteiger partial charge in [0.15, 0.2) is 0 Å². The summed E-state index contributed by atoms with van der Waals surface area (Å²) < 4.78 is 5.02. The topological polar surface area (TPSA) is 90.8 Å². The highest BCUT2D eigenvalue weighted by molar-refractivity contribution is 6.23. The molecule has 3 aromatic rings. The Morgan fingerprint density at radius 3 is 2.74 bits per heavy atom. The number of benzene rings is 2. The van der Waals surface area contributed by atoms with Crippen LogP contribution in [0.15, 0.2) is 48.5 Å². The lowest BCUT2D eigenvalue weighted by Crippen LogP contribution is -2.26. The van der Waals surface area contributed by atoms with Crippen LogP contribution in [0.5, 0.6) is 0 Å². The first-order valence-electron chi connectivity index (χ1n) is 8.65. The van der Waals surface area contributed by atoms with Crippen molar-refractivity contribution < 1.29 is 9.53 Å². The Balaban J connectivity index is 1.93. The van der Waals surface area contributed by atoms with Crippen LogP contribution in [-0.2, 0) is 9.53 Å². The first-order chi connectivity index (χ1) is 13.2. The zero-order valence-corrected chi connectivity index (χ0v) is 15.0. The highest BCUT2D eigenvalue weighted by Gasteiger charge is 2.16. The van der Waals surface area contributed by atoms with Crippen molar-refractivity contribution in [2.45, 2.75) is 6.42 Å². The fraction of sp³-hybridized carbons (Fsp3) is 0.190. The molecule has 0 saturated carbocycles. The van der Waals surface area contributed by atoms with Gasteiger partial charge < -0.3 is 15.0 Å². The predicted octanol–water partition coefficient (Wildman–Crippen LogP) is 3.13. The standard InChI is InChI=1S/C21H20N4O2/c1-27-12-4-11-23-21(26)17(13-15-7-9-16(14-22)10-8-15)20-24-18-5-2-3-6-19(18)25-20/h2-3,5-10,13H,4,11-12H2,1H3,(H,23,26)(H,24,25). The van der Waals surface area contributed by atoms with E-state index in [9.17, 15) is 4.79 Å². The summed E-state index contributed by atoms with van der Waals surface area (Å²) in [4.78, 5) is 20.5. The van der Waals surface area contributed by atoms with E-state index in [0.29, 0.717) is 30.1 Å². The number of hydrogen-bond acceptors (Lipinski definition) is 4. The Labute approximate surface area is 157 Å². The van der Waals surface area contributed by atoms with Crippen LogP contribution < -0.4 is 5.32 Å². The summed E-state index contributed by atoms with van der Waals surface area (Å²) in [5, 5.41) is 11.8. The van der Waals surface area contributed by atoms with Crippen molar-refractivity contribution in [3.05, 3.63) is 65.5 Å². The Kier molecular flexibility index (Phi) is 5.98. The minimum absolute atomic E-state index is 0.213. The van der Waals surface area contributed by atoms with Crippen molar-refractivity contribution in [3.8, 4) is 6.07 Å². The van der Waals surface area contributed by atoms with Gasteiger partial charge in [0.05, 0.1) is 28.2 Å². The van der Waals surface area contributed by atoms with Crippen molar-refractivity contribution in [1.29, 1.82) is 5.26 Å². The molecule has 1 heterocycles. The number of nitrogens with zero attached hydrogens (tertiary/aromatic N) is 2. The largest absolute Gasteiger partial charge is 0.385 e. The molecule has 1 aromatic heterocycles. The van der Waals surface area contributed by atoms with Gasteiger partial charge in [0.25, 0.3) is 5.91 Å². The number of fused-ring (bicyclic) bond motifs is 1. The molecule has 1 amide bonds. The summed E-state index contributed by atoms with van der Waals surface area (Å²) in [6.45, 7) is 1.09. The number of H-pyrrole nitrogens is 1. The molecule has 0 radical (unpaired) electrons. The van der Waals surface area contributed by atoms with Gasteiger partial charge >= 0.3 is 0 Å². The lowest BCUT2D eigenvalue weighted by Gasteiger charge is -2.07. The third kappa shape index (κ3) is 4.60. The van der Waals surface area contributed by atoms with Crippen molar-refractivity contribution >= 4 is 28.6 Å². The molecular weight excluding hydrogens is 340 g/mol. The van der Waals surface area contributed by atoms with Gasteiger partial charge in [0, 0.05) is 20.3 Å². The summed E-state index contributed by atoms with van der Waals surface area (Å²) in [6, 6.07) is 16.8. The number of methoxy groups -OCH3 is 1. The SMILES string of the molecule is COCCCNC(=O)C(=Cc1ccc(C#N)cc1)c1nc2ccccc2[nH]1. The molecule has 0 aliphatic heterocycles. The van der Waals surface area contributed by atoms with Crippen molar-refractivity contribution in [3.63, 3.8) is 0 Å². The average molecular weight is 360 g/mol. The molecule has 0 spiro atoms. The van der Waals surface area contributed by atoms with Crippen LogP contribution >= 0.6 is 0 Å². The highest BCUT2D eigenvalue weighted by Crippen LogP contribution is 2.20. The van der Waals surface area contributed by atoms with Gasteiger partial charge in [-0.05, 0) is 42.3 Å². The first-order valence-corrected chi connectivity index (χ1v) is 8.65. The second kappa shape index (κ2) is 8.79. The van der Waals surface area contributed by atoms with Gasteiger partial charge in [-0.25, -0.2) is 4.98 Å². The molecular formula is C21H20N4O2.